The number of ether oxygens (including phenoxy) is 6. The fourth-order valence-electron chi connectivity index (χ4n) is 3.07. The molecule has 1 rings (SSSR count). The van der Waals surface area contributed by atoms with Gasteiger partial charge in [-0.3, -0.25) is 4.79 Å². The molecular formula is C26H39NO11. The highest BCUT2D eigenvalue weighted by molar-refractivity contribution is 5.79. The van der Waals surface area contributed by atoms with Crippen LogP contribution in [0.3, 0.4) is 0 Å². The van der Waals surface area contributed by atoms with Crippen molar-refractivity contribution in [3.63, 3.8) is 0 Å². The van der Waals surface area contributed by atoms with Gasteiger partial charge < -0.3 is 39.3 Å². The summed E-state index contributed by atoms with van der Waals surface area (Å²) in [6.45, 7) is 10.8. The summed E-state index contributed by atoms with van der Waals surface area (Å²) in [4.78, 5) is 48.2. The highest BCUT2D eigenvalue weighted by Crippen LogP contribution is 2.31. The van der Waals surface area contributed by atoms with Gasteiger partial charge in [0.25, 0.3) is 0 Å². The number of carbonyl (C=O) groups excluding carboxylic acids is 3. The molecule has 12 nitrogen and oxygen atoms in total. The predicted molar refractivity (Wildman–Crippen MR) is 135 cm³/mol. The molecule has 1 aromatic rings. The average molecular weight is 542 g/mol. The number of carboxylic acids is 1. The van der Waals surface area contributed by atoms with E-state index in [0.29, 0.717) is 18.4 Å². The molecule has 0 radical (unpaired) electrons. The number of hydrogen-bond acceptors (Lipinski definition) is 11. The van der Waals surface area contributed by atoms with E-state index in [4.69, 9.17) is 34.2 Å². The first-order valence-corrected chi connectivity index (χ1v) is 12.5. The smallest absolute Gasteiger partial charge is 0.480 e. The quantitative estimate of drug-likeness (QED) is 0.187. The van der Waals surface area contributed by atoms with E-state index in [9.17, 15) is 24.3 Å². The van der Waals surface area contributed by atoms with Gasteiger partial charge in [-0.05, 0) is 50.3 Å². The zero-order valence-electron chi connectivity index (χ0n) is 22.8. The SMILES string of the molecule is CCCOC(=O)Oc1ccc(CC(N)(C[C@H](C)OC(=O)OC(C)C(C)C)C(=O)O)cc1OC(=O)OCCC. The molecule has 0 heterocycles. The fraction of sp³-hybridized carbons (Fsp3) is 0.615. The lowest BCUT2D eigenvalue weighted by Crippen LogP contribution is -2.52. The number of hydrogen-bond donors (Lipinski definition) is 2. The molecule has 0 bridgehead atoms. The van der Waals surface area contributed by atoms with Crippen LogP contribution in [0.5, 0.6) is 11.5 Å². The van der Waals surface area contributed by atoms with Crippen molar-refractivity contribution in [1.29, 1.82) is 0 Å². The van der Waals surface area contributed by atoms with Gasteiger partial charge in [-0.2, -0.15) is 0 Å². The molecule has 0 spiro atoms. The van der Waals surface area contributed by atoms with Gasteiger partial charge in [0.05, 0.1) is 13.2 Å². The first-order valence-electron chi connectivity index (χ1n) is 12.5. The lowest BCUT2D eigenvalue weighted by atomic mass is 9.86. The van der Waals surface area contributed by atoms with Crippen LogP contribution >= 0.6 is 0 Å². The Hall–Kier alpha value is -3.54. The van der Waals surface area contributed by atoms with E-state index in [-0.39, 0.29) is 49.6 Å². The molecule has 2 unspecified atom stereocenters. The van der Waals surface area contributed by atoms with E-state index in [1.165, 1.54) is 25.1 Å². The van der Waals surface area contributed by atoms with Gasteiger partial charge >= 0.3 is 24.4 Å². The lowest BCUT2D eigenvalue weighted by Gasteiger charge is -2.28. The topological polar surface area (TPSA) is 170 Å². The van der Waals surface area contributed by atoms with Crippen LogP contribution in [0.1, 0.15) is 66.4 Å². The maximum atomic E-state index is 12.1. The Morgan fingerprint density at radius 3 is 1.92 bits per heavy atom. The number of rotatable bonds is 14. The van der Waals surface area contributed by atoms with Crippen molar-refractivity contribution < 1.29 is 52.7 Å². The van der Waals surface area contributed by atoms with Gasteiger partial charge in [-0.1, -0.05) is 33.8 Å². The molecule has 0 saturated carbocycles. The van der Waals surface area contributed by atoms with E-state index >= 15 is 0 Å². The minimum absolute atomic E-state index is 0.0709. The van der Waals surface area contributed by atoms with Crippen LogP contribution in [0, 0.1) is 5.92 Å². The molecule has 0 aliphatic rings. The predicted octanol–water partition coefficient (Wildman–Crippen LogP) is 4.84. The van der Waals surface area contributed by atoms with Crippen LogP contribution in [0.2, 0.25) is 0 Å². The molecule has 214 valence electrons. The van der Waals surface area contributed by atoms with Crippen molar-refractivity contribution in [1.82, 2.24) is 0 Å². The van der Waals surface area contributed by atoms with E-state index in [0.717, 1.165) is 0 Å². The molecule has 0 saturated heterocycles. The second kappa shape index (κ2) is 15.7. The summed E-state index contributed by atoms with van der Waals surface area (Å²) in [5.41, 5.74) is 4.69. The summed E-state index contributed by atoms with van der Waals surface area (Å²) in [6, 6.07) is 4.09. The standard InChI is InChI=1S/C26H39NO11/c1-7-11-33-23(30)37-20-10-9-19(13-21(20)38-24(31)34-12-8-2)15-26(27,22(28)29)14-17(5)35-25(32)36-18(6)16(3)4/h9-10,13,16-18H,7-8,11-12,14-15,27H2,1-6H3,(H,28,29)/t17-,18?,26?/m0/s1. The minimum atomic E-state index is -1.87. The van der Waals surface area contributed by atoms with Crippen molar-refractivity contribution in [3.05, 3.63) is 23.8 Å². The number of benzene rings is 1. The van der Waals surface area contributed by atoms with Gasteiger partial charge in [-0.15, -0.1) is 0 Å². The Labute approximate surface area is 222 Å². The van der Waals surface area contributed by atoms with E-state index in [1.807, 2.05) is 20.8 Å². The molecule has 3 N–H and O–H groups in total. The molecule has 0 fully saturated rings. The van der Waals surface area contributed by atoms with Gasteiger partial charge in [0.15, 0.2) is 11.5 Å². The number of carboxylic acid groups (broad SMARTS) is 1. The Bertz CT molecular complexity index is 949. The van der Waals surface area contributed by atoms with Crippen LogP contribution in [-0.2, 0) is 30.2 Å². The Kier molecular flexibility index (Phi) is 13.4. The summed E-state index contributed by atoms with van der Waals surface area (Å²) in [5.74, 6) is -1.60. The van der Waals surface area contributed by atoms with E-state index in [1.54, 1.807) is 13.8 Å². The van der Waals surface area contributed by atoms with Crippen molar-refractivity contribution in [2.45, 2.75) is 85.0 Å². The molecule has 12 heteroatoms. The van der Waals surface area contributed by atoms with E-state index < -0.39 is 36.1 Å². The highest BCUT2D eigenvalue weighted by atomic mass is 16.7. The number of aliphatic carboxylic acids is 1. The molecular weight excluding hydrogens is 502 g/mol. The van der Waals surface area contributed by atoms with Crippen LogP contribution in [0.15, 0.2) is 18.2 Å². The lowest BCUT2D eigenvalue weighted by molar-refractivity contribution is -0.144. The van der Waals surface area contributed by atoms with Gasteiger partial charge in [-0.25, -0.2) is 14.4 Å². The normalized spacial score (nSPS) is 14.0. The average Bonchev–Trinajstić information content (AvgIpc) is 2.82. The molecule has 1 aromatic carbocycles. The highest BCUT2D eigenvalue weighted by Gasteiger charge is 2.37. The Morgan fingerprint density at radius 1 is 0.868 bits per heavy atom. The Morgan fingerprint density at radius 2 is 1.42 bits per heavy atom. The van der Waals surface area contributed by atoms with Crippen LogP contribution in [-0.4, -0.2) is 60.5 Å². The first-order chi connectivity index (χ1) is 17.8. The summed E-state index contributed by atoms with van der Waals surface area (Å²) >= 11 is 0. The van der Waals surface area contributed by atoms with Gasteiger partial charge in [0.1, 0.15) is 17.7 Å². The Balaban J connectivity index is 3.10. The minimum Gasteiger partial charge on any atom is -0.480 e. The third kappa shape index (κ3) is 11.2. The van der Waals surface area contributed by atoms with Crippen molar-refractivity contribution in [2.75, 3.05) is 13.2 Å². The van der Waals surface area contributed by atoms with E-state index in [2.05, 4.69) is 0 Å². The largest absolute Gasteiger partial charge is 0.513 e. The zero-order valence-corrected chi connectivity index (χ0v) is 22.8. The summed E-state index contributed by atoms with van der Waals surface area (Å²) < 4.78 is 30.5. The van der Waals surface area contributed by atoms with Crippen molar-refractivity contribution in [3.8, 4) is 11.5 Å². The molecule has 38 heavy (non-hydrogen) atoms. The summed E-state index contributed by atoms with van der Waals surface area (Å²) in [5, 5.41) is 9.87. The molecule has 0 amide bonds. The second-order valence-electron chi connectivity index (χ2n) is 9.27. The summed E-state index contributed by atoms with van der Waals surface area (Å²) in [7, 11) is 0. The second-order valence-corrected chi connectivity index (χ2v) is 9.27. The van der Waals surface area contributed by atoms with Gasteiger partial charge in [0, 0.05) is 12.8 Å². The molecule has 0 aliphatic heterocycles. The molecule has 0 aromatic heterocycles. The molecule has 0 aliphatic carbocycles. The van der Waals surface area contributed by atoms with Crippen molar-refractivity contribution in [2.24, 2.45) is 11.7 Å². The van der Waals surface area contributed by atoms with Gasteiger partial charge in [0.2, 0.25) is 0 Å². The third-order valence-electron chi connectivity index (χ3n) is 5.36. The molecule has 3 atom stereocenters. The maximum Gasteiger partial charge on any atom is 0.513 e. The zero-order chi connectivity index (χ0) is 28.9. The maximum absolute atomic E-state index is 12.1. The number of nitrogens with two attached hydrogens (primary N) is 1. The fourth-order valence-corrected chi connectivity index (χ4v) is 3.07. The monoisotopic (exact) mass is 541 g/mol. The van der Waals surface area contributed by atoms with Crippen LogP contribution in [0.4, 0.5) is 14.4 Å². The summed E-state index contributed by atoms with van der Waals surface area (Å²) in [6.07, 6.45) is -3.61. The third-order valence-corrected chi connectivity index (χ3v) is 5.36. The van der Waals surface area contributed by atoms with Crippen molar-refractivity contribution >= 4 is 24.4 Å². The first kappa shape index (κ1) is 32.5. The number of carbonyl (C=O) groups is 4. The van der Waals surface area contributed by atoms with Crippen LogP contribution in [0.25, 0.3) is 0 Å². The van der Waals surface area contributed by atoms with Crippen LogP contribution < -0.4 is 15.2 Å².